The maximum atomic E-state index is 12.2. The van der Waals surface area contributed by atoms with Crippen molar-refractivity contribution in [3.63, 3.8) is 0 Å². The first-order valence-electron chi connectivity index (χ1n) is 10.8. The summed E-state index contributed by atoms with van der Waals surface area (Å²) in [7, 11) is 0. The minimum Gasteiger partial charge on any atom is -0.494 e. The van der Waals surface area contributed by atoms with Crippen LogP contribution in [0.25, 0.3) is 0 Å². The van der Waals surface area contributed by atoms with Crippen LogP contribution in [0, 0.1) is 0 Å². The second-order valence-corrected chi connectivity index (χ2v) is 7.31. The van der Waals surface area contributed by atoms with Crippen molar-refractivity contribution in [2.75, 3.05) is 18.5 Å². The Morgan fingerprint density at radius 2 is 1.67 bits per heavy atom. The van der Waals surface area contributed by atoms with E-state index in [-0.39, 0.29) is 30.0 Å². The van der Waals surface area contributed by atoms with Crippen LogP contribution in [0.15, 0.2) is 71.3 Å². The van der Waals surface area contributed by atoms with Gasteiger partial charge < -0.3 is 25.1 Å². The number of hydrogen-bond donors (Lipinski definition) is 3. The summed E-state index contributed by atoms with van der Waals surface area (Å²) in [6.45, 7) is 2.90. The number of hydrogen-bond acceptors (Lipinski definition) is 5. The van der Waals surface area contributed by atoms with Crippen LogP contribution in [0.2, 0.25) is 0 Å². The van der Waals surface area contributed by atoms with Gasteiger partial charge in [-0.25, -0.2) is 0 Å². The number of ether oxygens (including phenoxy) is 1. The second kappa shape index (κ2) is 12.1. The Balaban J connectivity index is 1.38. The third kappa shape index (κ3) is 7.53. The molecule has 3 aromatic rings. The van der Waals surface area contributed by atoms with E-state index in [0.29, 0.717) is 30.2 Å². The Labute approximate surface area is 192 Å². The lowest BCUT2D eigenvalue weighted by Crippen LogP contribution is -2.36. The highest BCUT2D eigenvalue weighted by Crippen LogP contribution is 2.13. The zero-order valence-corrected chi connectivity index (χ0v) is 18.4. The smallest absolute Gasteiger partial charge is 0.291 e. The van der Waals surface area contributed by atoms with Gasteiger partial charge >= 0.3 is 0 Å². The van der Waals surface area contributed by atoms with Crippen molar-refractivity contribution in [1.82, 2.24) is 10.6 Å². The molecule has 1 heterocycles. The first-order valence-corrected chi connectivity index (χ1v) is 10.8. The molecule has 2 aromatic carbocycles. The molecule has 1 aromatic heterocycles. The monoisotopic (exact) mass is 449 g/mol. The van der Waals surface area contributed by atoms with Gasteiger partial charge in [0, 0.05) is 17.8 Å². The number of unbranched alkanes of at least 4 members (excludes halogenated alkanes) is 1. The van der Waals surface area contributed by atoms with Crippen LogP contribution in [0.1, 0.15) is 46.2 Å². The van der Waals surface area contributed by atoms with Crippen LogP contribution in [0.5, 0.6) is 5.75 Å². The van der Waals surface area contributed by atoms with Crippen LogP contribution in [0.3, 0.4) is 0 Å². The third-order valence-corrected chi connectivity index (χ3v) is 4.74. The van der Waals surface area contributed by atoms with Crippen molar-refractivity contribution >= 4 is 23.4 Å². The van der Waals surface area contributed by atoms with E-state index in [0.717, 1.165) is 18.4 Å². The van der Waals surface area contributed by atoms with E-state index in [2.05, 4.69) is 22.9 Å². The summed E-state index contributed by atoms with van der Waals surface area (Å²) < 4.78 is 10.6. The summed E-state index contributed by atoms with van der Waals surface area (Å²) in [5.41, 5.74) is 1.92. The highest BCUT2D eigenvalue weighted by Gasteiger charge is 2.10. The maximum absolute atomic E-state index is 12.2. The second-order valence-electron chi connectivity index (χ2n) is 7.31. The van der Waals surface area contributed by atoms with Gasteiger partial charge in [0.05, 0.1) is 19.4 Å². The summed E-state index contributed by atoms with van der Waals surface area (Å²) in [6, 6.07) is 17.1. The highest BCUT2D eigenvalue weighted by molar-refractivity contribution is 6.02. The van der Waals surface area contributed by atoms with E-state index in [1.165, 1.54) is 6.26 Å². The fraction of sp³-hybridized carbons (Fsp3) is 0.240. The van der Waals surface area contributed by atoms with Crippen LogP contribution < -0.4 is 20.7 Å². The molecule has 3 N–H and O–H groups in total. The Hall–Kier alpha value is -4.07. The fourth-order valence-corrected chi connectivity index (χ4v) is 2.87. The lowest BCUT2D eigenvalue weighted by molar-refractivity contribution is -0.120. The van der Waals surface area contributed by atoms with E-state index in [4.69, 9.17) is 9.15 Å². The first kappa shape index (κ1) is 23.6. The van der Waals surface area contributed by atoms with Gasteiger partial charge in [-0.15, -0.1) is 0 Å². The standard InChI is InChI=1S/C25H27N3O5/c1-2-3-14-32-21-12-8-19(9-13-21)24(30)27-17-23(29)26-16-18-6-10-20(11-7-18)28-25(31)22-5-4-15-33-22/h4-13,15H,2-3,14,16-17H2,1H3,(H,26,29)(H,27,30)(H,28,31). The number of furan rings is 1. The molecule has 3 rings (SSSR count). The van der Waals surface area contributed by atoms with Crippen molar-refractivity contribution in [3.05, 3.63) is 83.8 Å². The minimum atomic E-state index is -0.338. The van der Waals surface area contributed by atoms with Gasteiger partial charge in [-0.1, -0.05) is 25.5 Å². The molecular formula is C25H27N3O5. The molecule has 0 aliphatic rings. The normalized spacial score (nSPS) is 10.3. The highest BCUT2D eigenvalue weighted by atomic mass is 16.5. The molecule has 0 atom stereocenters. The van der Waals surface area contributed by atoms with E-state index >= 15 is 0 Å². The molecule has 172 valence electrons. The molecule has 0 bridgehead atoms. The largest absolute Gasteiger partial charge is 0.494 e. The number of benzene rings is 2. The Kier molecular flexibility index (Phi) is 8.64. The van der Waals surface area contributed by atoms with E-state index in [1.807, 2.05) is 0 Å². The molecule has 3 amide bonds. The van der Waals surface area contributed by atoms with Crippen molar-refractivity contribution in [2.24, 2.45) is 0 Å². The van der Waals surface area contributed by atoms with Crippen LogP contribution >= 0.6 is 0 Å². The molecule has 33 heavy (non-hydrogen) atoms. The van der Waals surface area contributed by atoms with Gasteiger partial charge in [0.1, 0.15) is 5.75 Å². The fourth-order valence-electron chi connectivity index (χ4n) is 2.87. The zero-order valence-electron chi connectivity index (χ0n) is 18.4. The summed E-state index contributed by atoms with van der Waals surface area (Å²) in [5, 5.41) is 8.08. The van der Waals surface area contributed by atoms with E-state index in [1.54, 1.807) is 60.7 Å². The van der Waals surface area contributed by atoms with Gasteiger partial charge in [0.25, 0.3) is 11.8 Å². The average Bonchev–Trinajstić information content (AvgIpc) is 3.38. The molecule has 8 heteroatoms. The van der Waals surface area contributed by atoms with E-state index in [9.17, 15) is 14.4 Å². The first-order chi connectivity index (χ1) is 16.0. The quantitative estimate of drug-likeness (QED) is 0.386. The lowest BCUT2D eigenvalue weighted by atomic mass is 10.2. The number of carbonyl (C=O) groups is 3. The zero-order chi connectivity index (χ0) is 23.5. The molecule has 8 nitrogen and oxygen atoms in total. The van der Waals surface area contributed by atoms with Crippen LogP contribution in [-0.2, 0) is 11.3 Å². The minimum absolute atomic E-state index is 0.134. The number of anilines is 1. The van der Waals surface area contributed by atoms with Crippen molar-refractivity contribution < 1.29 is 23.5 Å². The van der Waals surface area contributed by atoms with Gasteiger partial charge in [-0.2, -0.15) is 0 Å². The topological polar surface area (TPSA) is 110 Å². The van der Waals surface area contributed by atoms with E-state index < -0.39 is 0 Å². The molecule has 0 aliphatic heterocycles. The average molecular weight is 450 g/mol. The maximum Gasteiger partial charge on any atom is 0.291 e. The van der Waals surface area contributed by atoms with Crippen molar-refractivity contribution in [1.29, 1.82) is 0 Å². The third-order valence-electron chi connectivity index (χ3n) is 4.74. The van der Waals surface area contributed by atoms with Gasteiger partial charge in [0.2, 0.25) is 5.91 Å². The summed E-state index contributed by atoms with van der Waals surface area (Å²) in [6.07, 6.45) is 3.46. The van der Waals surface area contributed by atoms with Gasteiger partial charge in [-0.3, -0.25) is 14.4 Å². The number of carbonyl (C=O) groups excluding carboxylic acids is 3. The van der Waals surface area contributed by atoms with Gasteiger partial charge in [-0.05, 0) is 60.5 Å². The molecule has 0 radical (unpaired) electrons. The molecule has 0 aliphatic carbocycles. The molecule has 0 unspecified atom stereocenters. The predicted molar refractivity (Wildman–Crippen MR) is 124 cm³/mol. The van der Waals surface area contributed by atoms with Crippen molar-refractivity contribution in [3.8, 4) is 5.75 Å². The Morgan fingerprint density at radius 1 is 0.909 bits per heavy atom. The Morgan fingerprint density at radius 3 is 2.33 bits per heavy atom. The molecule has 0 spiro atoms. The molecular weight excluding hydrogens is 422 g/mol. The van der Waals surface area contributed by atoms with Crippen LogP contribution in [-0.4, -0.2) is 30.9 Å². The lowest BCUT2D eigenvalue weighted by Gasteiger charge is -2.09. The Bertz CT molecular complexity index is 1040. The van der Waals surface area contributed by atoms with Crippen molar-refractivity contribution in [2.45, 2.75) is 26.3 Å². The molecule has 0 fully saturated rings. The van der Waals surface area contributed by atoms with Gasteiger partial charge in [0.15, 0.2) is 5.76 Å². The number of amides is 3. The predicted octanol–water partition coefficient (Wildman–Crippen LogP) is 3.76. The van der Waals surface area contributed by atoms with Crippen LogP contribution in [0.4, 0.5) is 5.69 Å². The number of nitrogens with one attached hydrogen (secondary N) is 3. The summed E-state index contributed by atoms with van der Waals surface area (Å²) >= 11 is 0. The summed E-state index contributed by atoms with van der Waals surface area (Å²) in [5.74, 6) is -0.0376. The number of rotatable bonds is 11. The molecule has 0 saturated heterocycles. The molecule has 0 saturated carbocycles. The SMILES string of the molecule is CCCCOc1ccc(C(=O)NCC(=O)NCc2ccc(NC(=O)c3ccco3)cc2)cc1. The summed E-state index contributed by atoms with van der Waals surface area (Å²) in [4.78, 5) is 36.3.